The number of unbranched alkanes of at least 4 members (excludes halogenated alkanes) is 30. The minimum Gasteiger partial charge on any atom is -0.306 e. The van der Waals surface area contributed by atoms with Crippen molar-refractivity contribution in [2.45, 2.75) is 272 Å². The Morgan fingerprint density at radius 1 is 0.467 bits per heavy atom. The van der Waals surface area contributed by atoms with Gasteiger partial charge in [-0.05, 0) is 111 Å². The van der Waals surface area contributed by atoms with Gasteiger partial charge in [0.05, 0.1) is 0 Å². The summed E-state index contributed by atoms with van der Waals surface area (Å²) >= 11 is 0. The molecule has 0 spiro atoms. The summed E-state index contributed by atoms with van der Waals surface area (Å²) in [6, 6.07) is 0.856. The highest BCUT2D eigenvalue weighted by molar-refractivity contribution is 5.03. The lowest BCUT2D eigenvalue weighted by Gasteiger charge is -2.36. The number of hydrogen-bond acceptors (Lipinski definition) is 4. The van der Waals surface area contributed by atoms with Gasteiger partial charge in [-0.3, -0.25) is 0 Å². The lowest BCUT2D eigenvalue weighted by Crippen LogP contribution is -2.44. The molecule has 3 rings (SSSR count). The smallest absolute Gasteiger partial charge is 0.0162 e. The number of piperidine rings is 2. The van der Waals surface area contributed by atoms with Crippen LogP contribution >= 0.6 is 0 Å². The average Bonchev–Trinajstić information content (AvgIpc) is 3.24. The lowest BCUT2D eigenvalue weighted by molar-refractivity contribution is 0.124. The molecular formula is C56H114N4. The molecule has 0 bridgehead atoms. The van der Waals surface area contributed by atoms with Crippen molar-refractivity contribution in [3.63, 3.8) is 0 Å². The third kappa shape index (κ3) is 37.0. The highest BCUT2D eigenvalue weighted by Gasteiger charge is 2.23. The number of nitrogens with zero attached hydrogens (tertiary/aromatic N) is 4. The average molecular weight is 844 g/mol. The van der Waals surface area contributed by atoms with Gasteiger partial charge in [-0.2, -0.15) is 0 Å². The molecule has 4 nitrogen and oxygen atoms in total. The van der Waals surface area contributed by atoms with E-state index in [1.807, 2.05) is 0 Å². The predicted octanol–water partition coefficient (Wildman–Crippen LogP) is 16.5. The van der Waals surface area contributed by atoms with Gasteiger partial charge in [0.15, 0.2) is 0 Å². The summed E-state index contributed by atoms with van der Waals surface area (Å²) in [7, 11) is 6.63. The minimum absolute atomic E-state index is 0.618. The molecule has 0 aliphatic carbocycles. The first-order chi connectivity index (χ1) is 29.2. The first kappa shape index (κ1) is 57.6. The first-order valence-electron chi connectivity index (χ1n) is 27.6. The SMILES string of the molecule is CC1=CCN(C)CC1.CCCCCCCCCCCCCCCCCCCCCCCCCCCCCCCCCN(CC)C1CCN(C)CC1.CN1CCC(C)(C)CC1. The van der Waals surface area contributed by atoms with E-state index in [4.69, 9.17) is 0 Å². The molecule has 3 aliphatic heterocycles. The van der Waals surface area contributed by atoms with Crippen LogP contribution in [0.1, 0.15) is 266 Å². The van der Waals surface area contributed by atoms with Crippen molar-refractivity contribution in [2.24, 2.45) is 5.41 Å². The standard InChI is InChI=1S/C41H84N2.C8H17N.C7H13N/c1-4-6-7-8-9-10-11-12-13-14-15-16-17-18-19-20-21-22-23-24-25-26-27-28-29-30-31-32-33-34-35-38-43(5-2)41-36-39-42(3)40-37-41;1-8(2)4-6-9(3)7-5-8;1-7-3-5-8(2)6-4-7/h41H,4-40H2,1-3H3;4-7H2,1-3H3;3H,4-6H2,1-2H3. The second-order valence-corrected chi connectivity index (χ2v) is 21.3. The summed E-state index contributed by atoms with van der Waals surface area (Å²) in [5.41, 5.74) is 2.16. The fourth-order valence-corrected chi connectivity index (χ4v) is 9.57. The van der Waals surface area contributed by atoms with Crippen LogP contribution in [-0.4, -0.2) is 99.1 Å². The molecule has 2 saturated heterocycles. The van der Waals surface area contributed by atoms with Crippen molar-refractivity contribution in [3.8, 4) is 0 Å². The van der Waals surface area contributed by atoms with Gasteiger partial charge >= 0.3 is 0 Å². The second-order valence-electron chi connectivity index (χ2n) is 21.3. The molecule has 0 unspecified atom stereocenters. The van der Waals surface area contributed by atoms with Crippen LogP contribution in [0.15, 0.2) is 11.6 Å². The Labute approximate surface area is 380 Å². The van der Waals surface area contributed by atoms with Crippen molar-refractivity contribution in [2.75, 3.05) is 73.5 Å². The summed E-state index contributed by atoms with van der Waals surface area (Å²) in [6.45, 7) is 21.7. The van der Waals surface area contributed by atoms with E-state index < -0.39 is 0 Å². The number of likely N-dealkylation sites (tertiary alicyclic amines) is 2. The molecule has 0 N–H and O–H groups in total. The third-order valence-electron chi connectivity index (χ3n) is 14.6. The maximum absolute atomic E-state index is 2.77. The minimum atomic E-state index is 0.618. The highest BCUT2D eigenvalue weighted by atomic mass is 15.2. The summed E-state index contributed by atoms with van der Waals surface area (Å²) in [5.74, 6) is 0. The Kier molecular flexibility index (Phi) is 39.6. The molecule has 0 atom stereocenters. The van der Waals surface area contributed by atoms with Crippen molar-refractivity contribution in [1.29, 1.82) is 0 Å². The van der Waals surface area contributed by atoms with Crippen molar-refractivity contribution in [1.82, 2.24) is 19.6 Å². The molecule has 3 aliphatic rings. The summed E-state index contributed by atoms with van der Waals surface area (Å²) in [4.78, 5) is 10.0. The van der Waals surface area contributed by atoms with Crippen LogP contribution in [0.3, 0.4) is 0 Å². The molecule has 0 saturated carbocycles. The van der Waals surface area contributed by atoms with Crippen LogP contribution in [-0.2, 0) is 0 Å². The van der Waals surface area contributed by atoms with Gasteiger partial charge in [-0.1, -0.05) is 232 Å². The molecule has 3 heterocycles. The van der Waals surface area contributed by atoms with Crippen LogP contribution in [0.2, 0.25) is 0 Å². The van der Waals surface area contributed by atoms with Crippen molar-refractivity contribution in [3.05, 3.63) is 11.6 Å². The number of rotatable bonds is 34. The molecule has 0 aromatic rings. The fraction of sp³-hybridized carbons (Fsp3) is 0.964. The van der Waals surface area contributed by atoms with E-state index in [9.17, 15) is 0 Å². The van der Waals surface area contributed by atoms with E-state index in [0.29, 0.717) is 5.41 Å². The van der Waals surface area contributed by atoms with E-state index in [1.54, 1.807) is 5.57 Å². The van der Waals surface area contributed by atoms with Gasteiger partial charge in [-0.25, -0.2) is 0 Å². The molecule has 60 heavy (non-hydrogen) atoms. The largest absolute Gasteiger partial charge is 0.306 e. The topological polar surface area (TPSA) is 13.0 Å². The van der Waals surface area contributed by atoms with Crippen molar-refractivity contribution < 1.29 is 0 Å². The van der Waals surface area contributed by atoms with Crippen LogP contribution < -0.4 is 0 Å². The molecule has 358 valence electrons. The zero-order valence-corrected chi connectivity index (χ0v) is 43.1. The molecule has 0 radical (unpaired) electrons. The molecular weight excluding hydrogens is 729 g/mol. The Bertz CT molecular complexity index is 897. The first-order valence-corrected chi connectivity index (χ1v) is 27.6. The van der Waals surface area contributed by atoms with Crippen LogP contribution in [0.5, 0.6) is 0 Å². The lowest BCUT2D eigenvalue weighted by atomic mass is 9.83. The fourth-order valence-electron chi connectivity index (χ4n) is 9.57. The Hall–Kier alpha value is -0.420. The van der Waals surface area contributed by atoms with Gasteiger partial charge in [0.2, 0.25) is 0 Å². The number of hydrogen-bond donors (Lipinski definition) is 0. The summed E-state index contributed by atoms with van der Waals surface area (Å²) in [5, 5.41) is 0. The van der Waals surface area contributed by atoms with Gasteiger partial charge in [-0.15, -0.1) is 0 Å². The number of likely N-dealkylation sites (N-methyl/N-ethyl adjacent to an activating group) is 1. The van der Waals surface area contributed by atoms with Gasteiger partial charge in [0.25, 0.3) is 0 Å². The van der Waals surface area contributed by atoms with Crippen molar-refractivity contribution >= 4 is 0 Å². The Balaban J connectivity index is 0.000000858. The Morgan fingerprint density at radius 3 is 1.08 bits per heavy atom. The van der Waals surface area contributed by atoms with Gasteiger partial charge < -0.3 is 19.6 Å². The quantitative estimate of drug-likeness (QED) is 0.0473. The van der Waals surface area contributed by atoms with E-state index in [2.05, 4.69) is 81.4 Å². The second kappa shape index (κ2) is 41.3. The zero-order valence-electron chi connectivity index (χ0n) is 43.1. The monoisotopic (exact) mass is 843 g/mol. The molecule has 0 amide bonds. The van der Waals surface area contributed by atoms with Crippen LogP contribution in [0.4, 0.5) is 0 Å². The van der Waals surface area contributed by atoms with Gasteiger partial charge in [0.1, 0.15) is 0 Å². The van der Waals surface area contributed by atoms with E-state index in [-0.39, 0.29) is 0 Å². The molecule has 0 aromatic carbocycles. The van der Waals surface area contributed by atoms with E-state index >= 15 is 0 Å². The van der Waals surface area contributed by atoms with Gasteiger partial charge in [0, 0.05) is 19.1 Å². The van der Waals surface area contributed by atoms with Crippen LogP contribution in [0.25, 0.3) is 0 Å². The maximum Gasteiger partial charge on any atom is 0.0162 e. The Morgan fingerprint density at radius 2 is 0.800 bits per heavy atom. The maximum atomic E-state index is 2.77. The highest BCUT2D eigenvalue weighted by Crippen LogP contribution is 2.28. The molecule has 4 heteroatoms. The third-order valence-corrected chi connectivity index (χ3v) is 14.6. The van der Waals surface area contributed by atoms with E-state index in [0.717, 1.165) is 12.6 Å². The predicted molar refractivity (Wildman–Crippen MR) is 273 cm³/mol. The summed E-state index contributed by atoms with van der Waals surface area (Å²) < 4.78 is 0. The summed E-state index contributed by atoms with van der Waals surface area (Å²) in [6.07, 6.45) is 54.9. The molecule has 0 aromatic heterocycles. The van der Waals surface area contributed by atoms with Crippen LogP contribution in [0, 0.1) is 5.41 Å². The zero-order chi connectivity index (χ0) is 43.8. The van der Waals surface area contributed by atoms with E-state index in [1.165, 1.54) is 277 Å². The normalized spacial score (nSPS) is 17.9. The molecule has 2 fully saturated rings.